The molecular formula is C32H30N2O5. The maximum Gasteiger partial charge on any atom is 0.343 e. The van der Waals surface area contributed by atoms with Crippen molar-refractivity contribution >= 4 is 17.8 Å². The zero-order valence-corrected chi connectivity index (χ0v) is 21.3. The molecule has 7 heteroatoms. The highest BCUT2D eigenvalue weighted by atomic mass is 16.5. The molecule has 2 amide bonds. The minimum absolute atomic E-state index is 0.195. The van der Waals surface area contributed by atoms with E-state index in [4.69, 9.17) is 4.74 Å². The highest BCUT2D eigenvalue weighted by Gasteiger charge is 2.24. The van der Waals surface area contributed by atoms with Crippen LogP contribution in [0.1, 0.15) is 31.8 Å². The van der Waals surface area contributed by atoms with Gasteiger partial charge in [-0.1, -0.05) is 78.9 Å². The van der Waals surface area contributed by atoms with Gasteiger partial charge in [0.2, 0.25) is 5.91 Å². The smallest absolute Gasteiger partial charge is 0.343 e. The van der Waals surface area contributed by atoms with Crippen molar-refractivity contribution in [1.82, 2.24) is 10.6 Å². The molecule has 2 atom stereocenters. The molecule has 4 aromatic rings. The molecule has 0 spiro atoms. The van der Waals surface area contributed by atoms with Gasteiger partial charge in [0.05, 0.1) is 18.2 Å². The molecule has 3 N–H and O–H groups in total. The van der Waals surface area contributed by atoms with Gasteiger partial charge in [0.1, 0.15) is 11.8 Å². The van der Waals surface area contributed by atoms with Gasteiger partial charge >= 0.3 is 5.97 Å². The van der Waals surface area contributed by atoms with E-state index in [9.17, 15) is 19.5 Å². The Bertz CT molecular complexity index is 1360. The summed E-state index contributed by atoms with van der Waals surface area (Å²) < 4.78 is 5.44. The molecule has 0 fully saturated rings. The molecule has 0 unspecified atom stereocenters. The molecule has 0 aliphatic rings. The van der Waals surface area contributed by atoms with Crippen LogP contribution in [0.5, 0.6) is 5.75 Å². The van der Waals surface area contributed by atoms with Gasteiger partial charge in [-0.25, -0.2) is 4.79 Å². The summed E-state index contributed by atoms with van der Waals surface area (Å²) in [5.41, 5.74) is 2.60. The van der Waals surface area contributed by atoms with E-state index in [2.05, 4.69) is 10.6 Å². The van der Waals surface area contributed by atoms with Crippen LogP contribution in [0.2, 0.25) is 0 Å². The minimum atomic E-state index is -0.903. The predicted molar refractivity (Wildman–Crippen MR) is 148 cm³/mol. The molecule has 0 radical (unpaired) electrons. The van der Waals surface area contributed by atoms with Crippen molar-refractivity contribution in [2.24, 2.45) is 0 Å². The fraction of sp³-hybridized carbons (Fsp3) is 0.156. The standard InChI is InChI=1S/C32H30N2O5/c35-22-27(20-23-10-4-1-5-11-23)33-31(37)29(34-30(36)25-12-6-2-7-13-25)21-24-16-18-28(19-17-24)39-32(38)26-14-8-3-9-15-26/h1-19,27,29,35H,20-22H2,(H,33,37)(H,34,36)/t27-,29-/m0/s1. The lowest BCUT2D eigenvalue weighted by Gasteiger charge is -2.23. The monoisotopic (exact) mass is 522 g/mol. The molecule has 0 aromatic heterocycles. The Labute approximate surface area is 227 Å². The number of nitrogens with one attached hydrogen (secondary N) is 2. The molecule has 198 valence electrons. The highest BCUT2D eigenvalue weighted by Crippen LogP contribution is 2.16. The average molecular weight is 523 g/mol. The Morgan fingerprint density at radius 2 is 1.18 bits per heavy atom. The largest absolute Gasteiger partial charge is 0.423 e. The van der Waals surface area contributed by atoms with Gasteiger partial charge in [-0.05, 0) is 53.9 Å². The summed E-state index contributed by atoms with van der Waals surface area (Å²) >= 11 is 0. The Balaban J connectivity index is 1.46. The molecular weight excluding hydrogens is 492 g/mol. The number of hydrogen-bond donors (Lipinski definition) is 3. The van der Waals surface area contributed by atoms with Crippen LogP contribution in [0.4, 0.5) is 0 Å². The van der Waals surface area contributed by atoms with Crippen LogP contribution in [0, 0.1) is 0 Å². The Morgan fingerprint density at radius 3 is 1.77 bits per heavy atom. The fourth-order valence-corrected chi connectivity index (χ4v) is 4.07. The van der Waals surface area contributed by atoms with Crippen LogP contribution >= 0.6 is 0 Å². The maximum absolute atomic E-state index is 13.3. The van der Waals surface area contributed by atoms with Crippen molar-refractivity contribution in [1.29, 1.82) is 0 Å². The van der Waals surface area contributed by atoms with Gasteiger partial charge in [-0.15, -0.1) is 0 Å². The van der Waals surface area contributed by atoms with Crippen molar-refractivity contribution in [3.8, 4) is 5.75 Å². The topological polar surface area (TPSA) is 105 Å². The van der Waals surface area contributed by atoms with Crippen LogP contribution in [-0.4, -0.2) is 41.6 Å². The van der Waals surface area contributed by atoms with Crippen molar-refractivity contribution in [3.63, 3.8) is 0 Å². The van der Waals surface area contributed by atoms with E-state index in [1.54, 1.807) is 72.8 Å². The quantitative estimate of drug-likeness (QED) is 0.204. The molecule has 0 aliphatic heterocycles. The number of esters is 1. The van der Waals surface area contributed by atoms with Gasteiger partial charge in [0.25, 0.3) is 5.91 Å². The fourth-order valence-electron chi connectivity index (χ4n) is 4.07. The van der Waals surface area contributed by atoms with Crippen molar-refractivity contribution in [2.75, 3.05) is 6.61 Å². The SMILES string of the molecule is O=C(N[C@@H](Cc1ccc(OC(=O)c2ccccc2)cc1)C(=O)N[C@H](CO)Cc1ccccc1)c1ccccc1. The number of hydrogen-bond acceptors (Lipinski definition) is 5. The number of carbonyl (C=O) groups excluding carboxylic acids is 3. The lowest BCUT2D eigenvalue weighted by molar-refractivity contribution is -0.124. The number of amides is 2. The molecule has 0 aliphatic carbocycles. The molecule has 0 bridgehead atoms. The second-order valence-corrected chi connectivity index (χ2v) is 9.07. The number of benzene rings is 4. The minimum Gasteiger partial charge on any atom is -0.423 e. The first kappa shape index (κ1) is 27.3. The van der Waals surface area contributed by atoms with E-state index in [-0.39, 0.29) is 18.9 Å². The second kappa shape index (κ2) is 13.7. The van der Waals surface area contributed by atoms with Crippen LogP contribution in [0.15, 0.2) is 115 Å². The van der Waals surface area contributed by atoms with Crippen molar-refractivity contribution < 1.29 is 24.2 Å². The van der Waals surface area contributed by atoms with E-state index < -0.39 is 24.0 Å². The third kappa shape index (κ3) is 8.12. The van der Waals surface area contributed by atoms with E-state index >= 15 is 0 Å². The molecule has 7 nitrogen and oxygen atoms in total. The van der Waals surface area contributed by atoms with E-state index in [0.29, 0.717) is 23.3 Å². The lowest BCUT2D eigenvalue weighted by atomic mass is 10.0. The van der Waals surface area contributed by atoms with Crippen LogP contribution in [0.3, 0.4) is 0 Å². The van der Waals surface area contributed by atoms with E-state index in [0.717, 1.165) is 11.1 Å². The zero-order chi connectivity index (χ0) is 27.5. The third-order valence-corrected chi connectivity index (χ3v) is 6.13. The maximum atomic E-state index is 13.3. The van der Waals surface area contributed by atoms with E-state index in [1.165, 1.54) is 0 Å². The summed E-state index contributed by atoms with van der Waals surface area (Å²) in [7, 11) is 0. The van der Waals surface area contributed by atoms with E-state index in [1.807, 2.05) is 42.5 Å². The van der Waals surface area contributed by atoms with Gasteiger partial charge in [-0.3, -0.25) is 9.59 Å². The summed E-state index contributed by atoms with van der Waals surface area (Å²) in [5.74, 6) is -0.893. The molecule has 4 aromatic carbocycles. The number of aliphatic hydroxyl groups is 1. The van der Waals surface area contributed by atoms with Gasteiger partial charge in [-0.2, -0.15) is 0 Å². The molecule has 0 heterocycles. The summed E-state index contributed by atoms with van der Waals surface area (Å²) in [6.45, 7) is -0.249. The molecule has 0 saturated heterocycles. The lowest BCUT2D eigenvalue weighted by Crippen LogP contribution is -2.52. The average Bonchev–Trinajstić information content (AvgIpc) is 2.98. The number of carbonyl (C=O) groups is 3. The van der Waals surface area contributed by atoms with Crippen molar-refractivity contribution in [3.05, 3.63) is 138 Å². The molecule has 0 saturated carbocycles. The summed E-state index contributed by atoms with van der Waals surface area (Å²) in [5, 5.41) is 15.6. The first-order chi connectivity index (χ1) is 19.0. The van der Waals surface area contributed by atoms with Crippen LogP contribution in [-0.2, 0) is 17.6 Å². The first-order valence-corrected chi connectivity index (χ1v) is 12.7. The Morgan fingerprint density at radius 1 is 0.641 bits per heavy atom. The Kier molecular flexibility index (Phi) is 9.58. The highest BCUT2D eigenvalue weighted by molar-refractivity contribution is 5.97. The van der Waals surface area contributed by atoms with Crippen LogP contribution in [0.25, 0.3) is 0 Å². The Hall–Kier alpha value is -4.75. The first-order valence-electron chi connectivity index (χ1n) is 12.7. The second-order valence-electron chi connectivity index (χ2n) is 9.07. The summed E-state index contributed by atoms with van der Waals surface area (Å²) in [4.78, 5) is 38.6. The summed E-state index contributed by atoms with van der Waals surface area (Å²) in [6.07, 6.45) is 0.644. The molecule has 39 heavy (non-hydrogen) atoms. The van der Waals surface area contributed by atoms with Gasteiger partial charge in [0, 0.05) is 12.0 Å². The zero-order valence-electron chi connectivity index (χ0n) is 21.3. The van der Waals surface area contributed by atoms with Crippen molar-refractivity contribution in [2.45, 2.75) is 24.9 Å². The predicted octanol–water partition coefficient (Wildman–Crippen LogP) is 3.97. The van der Waals surface area contributed by atoms with Crippen LogP contribution < -0.4 is 15.4 Å². The third-order valence-electron chi connectivity index (χ3n) is 6.13. The summed E-state index contributed by atoms with van der Waals surface area (Å²) in [6, 6.07) is 32.3. The number of rotatable bonds is 11. The normalized spacial score (nSPS) is 12.1. The number of aliphatic hydroxyl groups excluding tert-OH is 1. The van der Waals surface area contributed by atoms with Gasteiger partial charge in [0.15, 0.2) is 0 Å². The molecule has 4 rings (SSSR count). The number of ether oxygens (including phenoxy) is 1. The van der Waals surface area contributed by atoms with Gasteiger partial charge < -0.3 is 20.5 Å².